The molecule has 2 heterocycles. The van der Waals surface area contributed by atoms with Crippen molar-refractivity contribution >= 4 is 11.8 Å². The Bertz CT molecular complexity index is 1340. The number of rotatable bonds is 10. The maximum atomic E-state index is 13.2. The van der Waals surface area contributed by atoms with Gasteiger partial charge in [-0.3, -0.25) is 19.6 Å². The maximum Gasteiger partial charge on any atom is 0.270 e. The molecule has 0 aliphatic carbocycles. The Labute approximate surface area is 216 Å². The smallest absolute Gasteiger partial charge is 0.270 e. The van der Waals surface area contributed by atoms with Gasteiger partial charge in [0.05, 0.1) is 0 Å². The quantitative estimate of drug-likeness (QED) is 0.321. The van der Waals surface area contributed by atoms with E-state index in [4.69, 9.17) is 0 Å². The average Bonchev–Trinajstić information content (AvgIpc) is 2.93. The second-order valence-electron chi connectivity index (χ2n) is 8.86. The molecule has 37 heavy (non-hydrogen) atoms. The highest BCUT2D eigenvalue weighted by Gasteiger charge is 2.17. The third kappa shape index (κ3) is 7.07. The lowest BCUT2D eigenvalue weighted by atomic mass is 9.96. The van der Waals surface area contributed by atoms with Crippen LogP contribution in [-0.4, -0.2) is 28.3 Å². The molecule has 188 valence electrons. The van der Waals surface area contributed by atoms with Crippen LogP contribution in [0.1, 0.15) is 46.4 Å². The van der Waals surface area contributed by atoms with Crippen molar-refractivity contribution in [3.8, 4) is 11.1 Å². The van der Waals surface area contributed by atoms with Crippen molar-refractivity contribution in [2.45, 2.75) is 32.2 Å². The Morgan fingerprint density at radius 1 is 0.892 bits per heavy atom. The number of pyridine rings is 2. The van der Waals surface area contributed by atoms with Gasteiger partial charge >= 0.3 is 0 Å². The number of nitrogens with one attached hydrogen (secondary N) is 2. The molecule has 2 amide bonds. The number of hydrogen-bond acceptors (Lipinski definition) is 4. The lowest BCUT2D eigenvalue weighted by Gasteiger charge is -2.15. The Morgan fingerprint density at radius 3 is 2.43 bits per heavy atom. The fourth-order valence-corrected chi connectivity index (χ4v) is 4.14. The number of nitrogens with zero attached hydrogens (tertiary/aromatic N) is 2. The van der Waals surface area contributed by atoms with Crippen LogP contribution in [0, 0.1) is 5.82 Å². The number of aromatic nitrogens is 2. The number of hydrogen-bond donors (Lipinski definition) is 2. The number of halogens is 1. The fraction of sp³-hybridized carbons (Fsp3) is 0.200. The molecule has 0 aliphatic rings. The van der Waals surface area contributed by atoms with Gasteiger partial charge in [0, 0.05) is 43.7 Å². The van der Waals surface area contributed by atoms with E-state index >= 15 is 0 Å². The van der Waals surface area contributed by atoms with Crippen LogP contribution >= 0.6 is 0 Å². The molecule has 4 aromatic rings. The Morgan fingerprint density at radius 2 is 1.65 bits per heavy atom. The molecular formula is C30H29FN4O2. The van der Waals surface area contributed by atoms with Gasteiger partial charge in [0.2, 0.25) is 5.91 Å². The van der Waals surface area contributed by atoms with Crippen molar-refractivity contribution in [2.75, 3.05) is 6.54 Å². The largest absolute Gasteiger partial charge is 0.352 e. The summed E-state index contributed by atoms with van der Waals surface area (Å²) in [4.78, 5) is 34.1. The van der Waals surface area contributed by atoms with Gasteiger partial charge in [0.1, 0.15) is 11.5 Å². The van der Waals surface area contributed by atoms with Gasteiger partial charge < -0.3 is 10.6 Å². The highest BCUT2D eigenvalue weighted by Crippen LogP contribution is 2.26. The van der Waals surface area contributed by atoms with Crippen LogP contribution in [0.25, 0.3) is 11.1 Å². The van der Waals surface area contributed by atoms with Crippen LogP contribution in [0.5, 0.6) is 0 Å². The van der Waals surface area contributed by atoms with Crippen LogP contribution in [0.15, 0.2) is 91.4 Å². The molecule has 6 nitrogen and oxygen atoms in total. The molecule has 4 rings (SSSR count). The topological polar surface area (TPSA) is 84.0 Å². The summed E-state index contributed by atoms with van der Waals surface area (Å²) >= 11 is 0. The summed E-state index contributed by atoms with van der Waals surface area (Å²) in [5.41, 5.74) is 4.69. The van der Waals surface area contributed by atoms with Crippen molar-refractivity contribution < 1.29 is 14.0 Å². The fourth-order valence-electron chi connectivity index (χ4n) is 4.14. The van der Waals surface area contributed by atoms with Gasteiger partial charge in [-0.05, 0) is 58.9 Å². The van der Waals surface area contributed by atoms with Crippen LogP contribution in [-0.2, 0) is 17.8 Å². The molecule has 0 aliphatic heterocycles. The van der Waals surface area contributed by atoms with Gasteiger partial charge in [0.15, 0.2) is 0 Å². The molecule has 0 saturated heterocycles. The highest BCUT2D eigenvalue weighted by molar-refractivity contribution is 5.99. The summed E-state index contributed by atoms with van der Waals surface area (Å²) in [7, 11) is 0. The van der Waals surface area contributed by atoms with E-state index in [0.717, 1.165) is 22.3 Å². The van der Waals surface area contributed by atoms with Crippen LogP contribution in [0.4, 0.5) is 4.39 Å². The van der Waals surface area contributed by atoms with Crippen molar-refractivity contribution in [1.82, 2.24) is 20.6 Å². The van der Waals surface area contributed by atoms with E-state index in [0.29, 0.717) is 30.8 Å². The Balaban J connectivity index is 1.42. The molecule has 0 bridgehead atoms. The zero-order valence-corrected chi connectivity index (χ0v) is 20.7. The van der Waals surface area contributed by atoms with E-state index in [-0.39, 0.29) is 30.0 Å². The summed E-state index contributed by atoms with van der Waals surface area (Å²) in [6.45, 7) is 2.71. The second kappa shape index (κ2) is 12.5. The first-order chi connectivity index (χ1) is 18.0. The van der Waals surface area contributed by atoms with Gasteiger partial charge in [0.25, 0.3) is 5.91 Å². The molecule has 7 heteroatoms. The van der Waals surface area contributed by atoms with E-state index in [1.165, 1.54) is 12.1 Å². The number of carbonyl (C=O) groups is 2. The Kier molecular flexibility index (Phi) is 8.70. The molecule has 2 N–H and O–H groups in total. The molecule has 2 aromatic heterocycles. The summed E-state index contributed by atoms with van der Waals surface area (Å²) in [6, 6.07) is 21.3. The number of amides is 2. The van der Waals surface area contributed by atoms with E-state index in [1.54, 1.807) is 36.8 Å². The lowest BCUT2D eigenvalue weighted by molar-refractivity contribution is -0.121. The predicted molar refractivity (Wildman–Crippen MR) is 141 cm³/mol. The molecular weight excluding hydrogens is 467 g/mol. The second-order valence-corrected chi connectivity index (χ2v) is 8.86. The van der Waals surface area contributed by atoms with Gasteiger partial charge in [-0.1, -0.05) is 55.5 Å². The molecule has 0 spiro atoms. The Hall–Kier alpha value is -4.39. The van der Waals surface area contributed by atoms with Crippen molar-refractivity contribution in [1.29, 1.82) is 0 Å². The molecule has 0 fully saturated rings. The minimum Gasteiger partial charge on any atom is -0.352 e. The number of benzene rings is 2. The zero-order valence-electron chi connectivity index (χ0n) is 20.7. The van der Waals surface area contributed by atoms with E-state index in [9.17, 15) is 14.0 Å². The molecule has 2 aromatic carbocycles. The third-order valence-corrected chi connectivity index (χ3v) is 6.16. The van der Waals surface area contributed by atoms with Crippen molar-refractivity contribution in [3.63, 3.8) is 0 Å². The summed E-state index contributed by atoms with van der Waals surface area (Å²) in [5, 5.41) is 5.93. The highest BCUT2D eigenvalue weighted by atomic mass is 19.1. The molecule has 0 saturated carbocycles. The first-order valence-corrected chi connectivity index (χ1v) is 12.2. The molecule has 1 unspecified atom stereocenters. The maximum absolute atomic E-state index is 13.2. The summed E-state index contributed by atoms with van der Waals surface area (Å²) in [6.07, 6.45) is 6.05. The van der Waals surface area contributed by atoms with Crippen molar-refractivity contribution in [2.24, 2.45) is 0 Å². The first kappa shape index (κ1) is 25.7. The molecule has 0 radical (unpaired) electrons. The zero-order chi connectivity index (χ0) is 26.0. The standard InChI is InChI=1S/C30H29FN4O2/c1-21(23-10-12-25(31)13-11-23)18-28(36)35-20-24-7-2-3-8-26(24)27-9-5-16-33-29(27)30(37)34-17-14-22-6-4-15-32-19-22/h2-13,15-16,19,21H,14,17-18,20H2,1H3,(H,34,37)(H,35,36). The lowest BCUT2D eigenvalue weighted by Crippen LogP contribution is -2.27. The first-order valence-electron chi connectivity index (χ1n) is 12.2. The summed E-state index contributed by atoms with van der Waals surface area (Å²) < 4.78 is 13.2. The number of carbonyl (C=O) groups excluding carboxylic acids is 2. The minimum absolute atomic E-state index is 0.0452. The van der Waals surface area contributed by atoms with Crippen LogP contribution in [0.2, 0.25) is 0 Å². The van der Waals surface area contributed by atoms with E-state index < -0.39 is 0 Å². The van der Waals surface area contributed by atoms with E-state index in [2.05, 4.69) is 20.6 Å². The van der Waals surface area contributed by atoms with Gasteiger partial charge in [-0.2, -0.15) is 0 Å². The van der Waals surface area contributed by atoms with E-state index in [1.807, 2.05) is 49.4 Å². The average molecular weight is 497 g/mol. The molecule has 1 atom stereocenters. The van der Waals surface area contributed by atoms with Gasteiger partial charge in [-0.15, -0.1) is 0 Å². The SMILES string of the molecule is CC(CC(=O)NCc1ccccc1-c1cccnc1C(=O)NCCc1cccnc1)c1ccc(F)cc1. The van der Waals surface area contributed by atoms with Crippen LogP contribution in [0.3, 0.4) is 0 Å². The normalized spacial score (nSPS) is 11.5. The van der Waals surface area contributed by atoms with Crippen LogP contribution < -0.4 is 10.6 Å². The predicted octanol–water partition coefficient (Wildman–Crippen LogP) is 5.07. The monoisotopic (exact) mass is 496 g/mol. The van der Waals surface area contributed by atoms with Crippen molar-refractivity contribution in [3.05, 3.63) is 120 Å². The van der Waals surface area contributed by atoms with Gasteiger partial charge in [-0.25, -0.2) is 4.39 Å². The minimum atomic E-state index is -0.297. The summed E-state index contributed by atoms with van der Waals surface area (Å²) in [5.74, 6) is -0.706. The third-order valence-electron chi connectivity index (χ3n) is 6.16.